The first-order valence-corrected chi connectivity index (χ1v) is 10.8. The molecule has 0 saturated heterocycles. The van der Waals surface area contributed by atoms with E-state index in [-0.39, 0.29) is 21.3 Å². The van der Waals surface area contributed by atoms with Crippen LogP contribution < -0.4 is 10.2 Å². The number of hydrogen-bond donors (Lipinski definition) is 1. The number of amides is 2. The average molecular weight is 494 g/mol. The van der Waals surface area contributed by atoms with Crippen LogP contribution in [0.3, 0.4) is 0 Å². The molecule has 156 valence electrons. The summed E-state index contributed by atoms with van der Waals surface area (Å²) in [5.41, 5.74) is 0.819. The van der Waals surface area contributed by atoms with Gasteiger partial charge in [-0.25, -0.2) is 9.29 Å². The van der Waals surface area contributed by atoms with Crippen LogP contribution in [0.15, 0.2) is 82.2 Å². The fourth-order valence-electron chi connectivity index (χ4n) is 2.87. The van der Waals surface area contributed by atoms with E-state index in [0.717, 1.165) is 21.6 Å². The third-order valence-electron chi connectivity index (χ3n) is 4.35. The van der Waals surface area contributed by atoms with Crippen LogP contribution in [-0.4, -0.2) is 11.8 Å². The zero-order chi connectivity index (χ0) is 22.1. The second-order valence-corrected chi connectivity index (χ2v) is 8.77. The van der Waals surface area contributed by atoms with Gasteiger partial charge in [0.1, 0.15) is 16.4 Å². The summed E-state index contributed by atoms with van der Waals surface area (Å²) < 4.78 is 13.3. The van der Waals surface area contributed by atoms with Gasteiger partial charge in [0, 0.05) is 15.6 Å². The van der Waals surface area contributed by atoms with Crippen molar-refractivity contribution < 1.29 is 14.0 Å². The van der Waals surface area contributed by atoms with Gasteiger partial charge in [-0.3, -0.25) is 9.59 Å². The minimum absolute atomic E-state index is 0.0719. The number of nitrogens with one attached hydrogen (secondary N) is 1. The second-order valence-electron chi connectivity index (χ2n) is 6.44. The first-order valence-electron chi connectivity index (χ1n) is 8.87. The van der Waals surface area contributed by atoms with Gasteiger partial charge < -0.3 is 5.32 Å². The maximum Gasteiger partial charge on any atom is 0.283 e. The van der Waals surface area contributed by atoms with Crippen LogP contribution >= 0.6 is 46.6 Å². The van der Waals surface area contributed by atoms with Crippen LogP contribution in [0.1, 0.15) is 0 Å². The van der Waals surface area contributed by atoms with Crippen molar-refractivity contribution in [2.24, 2.45) is 0 Å². The Kier molecular flexibility index (Phi) is 6.25. The summed E-state index contributed by atoms with van der Waals surface area (Å²) in [6.45, 7) is 0. The maximum absolute atomic E-state index is 13.3. The summed E-state index contributed by atoms with van der Waals surface area (Å²) in [6.07, 6.45) is 0. The van der Waals surface area contributed by atoms with Crippen molar-refractivity contribution in [3.63, 3.8) is 0 Å². The highest BCUT2D eigenvalue weighted by Crippen LogP contribution is 2.39. The minimum atomic E-state index is -0.566. The van der Waals surface area contributed by atoms with Gasteiger partial charge in [-0.1, -0.05) is 46.6 Å². The Bertz CT molecular complexity index is 1140. The van der Waals surface area contributed by atoms with Gasteiger partial charge in [-0.2, -0.15) is 0 Å². The highest BCUT2D eigenvalue weighted by molar-refractivity contribution is 8.04. The monoisotopic (exact) mass is 492 g/mol. The smallest absolute Gasteiger partial charge is 0.283 e. The molecule has 31 heavy (non-hydrogen) atoms. The Hall–Kier alpha value is -2.51. The molecular formula is C22H12Cl3FN2O2S. The van der Waals surface area contributed by atoms with Crippen molar-refractivity contribution in [2.45, 2.75) is 4.90 Å². The zero-order valence-electron chi connectivity index (χ0n) is 15.5. The Morgan fingerprint density at radius 1 is 0.806 bits per heavy atom. The first kappa shape index (κ1) is 21.7. The fraction of sp³-hybridized carbons (Fsp3) is 0. The van der Waals surface area contributed by atoms with Crippen LogP contribution in [0.4, 0.5) is 15.8 Å². The molecule has 4 nitrogen and oxygen atoms in total. The van der Waals surface area contributed by atoms with Crippen LogP contribution in [0.25, 0.3) is 0 Å². The topological polar surface area (TPSA) is 49.4 Å². The predicted octanol–water partition coefficient (Wildman–Crippen LogP) is 6.78. The van der Waals surface area contributed by atoms with E-state index in [9.17, 15) is 14.0 Å². The van der Waals surface area contributed by atoms with E-state index in [1.54, 1.807) is 24.3 Å². The van der Waals surface area contributed by atoms with Crippen molar-refractivity contribution in [3.8, 4) is 0 Å². The minimum Gasteiger partial charge on any atom is -0.350 e. The van der Waals surface area contributed by atoms with Crippen molar-refractivity contribution in [1.82, 2.24) is 0 Å². The molecule has 1 aliphatic heterocycles. The SMILES string of the molecule is O=C1C(Nc2ccc(F)cc2)=C(Sc2ccc(Cl)cc2)C(=O)N1c1ccc(Cl)c(Cl)c1. The van der Waals surface area contributed by atoms with Crippen LogP contribution in [-0.2, 0) is 9.59 Å². The molecule has 0 fully saturated rings. The predicted molar refractivity (Wildman–Crippen MR) is 123 cm³/mol. The van der Waals surface area contributed by atoms with Crippen molar-refractivity contribution >= 4 is 69.8 Å². The number of benzene rings is 3. The molecule has 0 atom stereocenters. The molecule has 0 aliphatic carbocycles. The van der Waals surface area contributed by atoms with E-state index in [2.05, 4.69) is 5.32 Å². The van der Waals surface area contributed by atoms with E-state index >= 15 is 0 Å². The molecule has 2 amide bonds. The van der Waals surface area contributed by atoms with Crippen LogP contribution in [0.5, 0.6) is 0 Å². The number of imide groups is 1. The molecular weight excluding hydrogens is 482 g/mol. The fourth-order valence-corrected chi connectivity index (χ4v) is 4.22. The van der Waals surface area contributed by atoms with Gasteiger partial charge >= 0.3 is 0 Å². The molecule has 0 aromatic heterocycles. The highest BCUT2D eigenvalue weighted by atomic mass is 35.5. The van der Waals surface area contributed by atoms with Gasteiger partial charge in [0.2, 0.25) is 0 Å². The van der Waals surface area contributed by atoms with E-state index in [1.165, 1.54) is 42.5 Å². The van der Waals surface area contributed by atoms with Crippen molar-refractivity contribution in [3.05, 3.63) is 98.2 Å². The molecule has 1 heterocycles. The summed E-state index contributed by atoms with van der Waals surface area (Å²) in [4.78, 5) is 28.4. The van der Waals surface area contributed by atoms with Crippen molar-refractivity contribution in [2.75, 3.05) is 10.2 Å². The van der Waals surface area contributed by atoms with Crippen molar-refractivity contribution in [1.29, 1.82) is 0 Å². The number of thioether (sulfide) groups is 1. The van der Waals surface area contributed by atoms with Gasteiger partial charge in [0.15, 0.2) is 0 Å². The van der Waals surface area contributed by atoms with Gasteiger partial charge in [0.05, 0.1) is 15.7 Å². The molecule has 0 radical (unpaired) electrons. The number of halogens is 4. The maximum atomic E-state index is 13.3. The molecule has 0 unspecified atom stereocenters. The first-order chi connectivity index (χ1) is 14.8. The lowest BCUT2D eigenvalue weighted by Gasteiger charge is -2.16. The van der Waals surface area contributed by atoms with Gasteiger partial charge in [-0.05, 0) is 66.7 Å². The molecule has 0 spiro atoms. The quantitative estimate of drug-likeness (QED) is 0.398. The van der Waals surface area contributed by atoms with E-state index < -0.39 is 17.6 Å². The Labute approximate surface area is 196 Å². The number of rotatable bonds is 5. The molecule has 0 saturated carbocycles. The summed E-state index contributed by atoms with van der Waals surface area (Å²) in [5, 5.41) is 4.02. The zero-order valence-corrected chi connectivity index (χ0v) is 18.6. The third kappa shape index (κ3) is 4.57. The van der Waals surface area contributed by atoms with E-state index in [1.807, 2.05) is 0 Å². The summed E-state index contributed by atoms with van der Waals surface area (Å²) in [7, 11) is 0. The Balaban J connectivity index is 1.74. The molecule has 1 N–H and O–H groups in total. The van der Waals surface area contributed by atoms with Gasteiger partial charge in [-0.15, -0.1) is 0 Å². The Morgan fingerprint density at radius 2 is 1.48 bits per heavy atom. The summed E-state index contributed by atoms with van der Waals surface area (Å²) in [5.74, 6) is -1.50. The largest absolute Gasteiger partial charge is 0.350 e. The third-order valence-corrected chi connectivity index (χ3v) is 6.43. The van der Waals surface area contributed by atoms with Crippen LogP contribution in [0.2, 0.25) is 15.1 Å². The van der Waals surface area contributed by atoms with E-state index in [0.29, 0.717) is 15.7 Å². The number of anilines is 2. The molecule has 4 rings (SSSR count). The number of hydrogen-bond acceptors (Lipinski definition) is 4. The number of nitrogens with zero attached hydrogens (tertiary/aromatic N) is 1. The molecule has 1 aliphatic rings. The van der Waals surface area contributed by atoms with E-state index in [4.69, 9.17) is 34.8 Å². The van der Waals surface area contributed by atoms with Gasteiger partial charge in [0.25, 0.3) is 11.8 Å². The standard InChI is InChI=1S/C22H12Cl3FN2O2S/c23-12-1-8-16(9-2-12)31-20-19(27-14-5-3-13(26)4-6-14)21(29)28(22(20)30)15-7-10-17(24)18(25)11-15/h1-11,27H. The molecule has 3 aromatic carbocycles. The molecule has 3 aromatic rings. The summed E-state index contributed by atoms with van der Waals surface area (Å²) >= 11 is 19.1. The normalized spacial score (nSPS) is 13.9. The number of carbonyl (C=O) groups excluding carboxylic acids is 2. The highest BCUT2D eigenvalue weighted by Gasteiger charge is 2.40. The molecule has 0 bridgehead atoms. The molecule has 9 heteroatoms. The lowest BCUT2D eigenvalue weighted by Crippen LogP contribution is -2.32. The Morgan fingerprint density at radius 3 is 2.13 bits per heavy atom. The lowest BCUT2D eigenvalue weighted by atomic mass is 10.3. The van der Waals surface area contributed by atoms with Crippen LogP contribution in [0, 0.1) is 5.82 Å². The lowest BCUT2D eigenvalue weighted by molar-refractivity contribution is -0.120. The average Bonchev–Trinajstić information content (AvgIpc) is 2.97. The summed E-state index contributed by atoms with van der Waals surface area (Å²) in [6, 6.07) is 16.8. The second kappa shape index (κ2) is 8.93. The number of carbonyl (C=O) groups is 2.